The number of pyridine rings is 2. The number of carbonyl (C=O) groups excluding carboxylic acids is 1. The van der Waals surface area contributed by atoms with Crippen molar-refractivity contribution in [3.63, 3.8) is 0 Å². The number of halogens is 1. The third-order valence-electron chi connectivity index (χ3n) is 6.63. The summed E-state index contributed by atoms with van der Waals surface area (Å²) >= 11 is 3.53. The zero-order valence-electron chi connectivity index (χ0n) is 18.9. The molecule has 2 fully saturated rings. The van der Waals surface area contributed by atoms with Gasteiger partial charge in [0.2, 0.25) is 0 Å². The third-order valence-corrected chi connectivity index (χ3v) is 7.12. The van der Waals surface area contributed by atoms with Crippen molar-refractivity contribution in [2.75, 3.05) is 30.4 Å². The molecular weight excluding hydrogens is 498 g/mol. The lowest BCUT2D eigenvalue weighted by atomic mass is 10.0. The van der Waals surface area contributed by atoms with E-state index in [2.05, 4.69) is 36.1 Å². The van der Waals surface area contributed by atoms with E-state index in [1.165, 1.54) is 4.90 Å². The number of likely N-dealkylation sites (N-methyl/N-ethyl adjacent to an activating group) is 1. The monoisotopic (exact) mass is 523 g/mol. The predicted octanol–water partition coefficient (Wildman–Crippen LogP) is 5.31. The number of carbonyl (C=O) groups is 2. The second-order valence-corrected chi connectivity index (χ2v) is 9.93. The normalized spacial score (nSPS) is 18.1. The van der Waals surface area contributed by atoms with Crippen molar-refractivity contribution in [1.82, 2.24) is 14.9 Å². The zero-order valence-corrected chi connectivity index (χ0v) is 20.5. The lowest BCUT2D eigenvalue weighted by Gasteiger charge is -2.37. The van der Waals surface area contributed by atoms with Crippen LogP contribution in [0.4, 0.5) is 22.0 Å². The number of carboxylic acid groups (broad SMARTS) is 1. The van der Waals surface area contributed by atoms with Crippen LogP contribution in [0, 0.1) is 5.92 Å². The van der Waals surface area contributed by atoms with Gasteiger partial charge in [0.05, 0.1) is 34.7 Å². The fourth-order valence-corrected chi connectivity index (χ4v) is 4.84. The number of nitrogens with one attached hydrogen (secondary N) is 1. The van der Waals surface area contributed by atoms with Gasteiger partial charge >= 0.3 is 6.09 Å². The van der Waals surface area contributed by atoms with E-state index < -0.39 is 6.09 Å². The van der Waals surface area contributed by atoms with Crippen LogP contribution in [0.15, 0.2) is 47.2 Å². The van der Waals surface area contributed by atoms with Gasteiger partial charge in [-0.1, -0.05) is 15.9 Å². The van der Waals surface area contributed by atoms with E-state index in [0.29, 0.717) is 12.1 Å². The summed E-state index contributed by atoms with van der Waals surface area (Å²) in [6.07, 6.45) is 6.14. The second-order valence-electron chi connectivity index (χ2n) is 9.01. The average Bonchev–Trinajstić information content (AvgIpc) is 3.69. The summed E-state index contributed by atoms with van der Waals surface area (Å²) < 4.78 is 0.917. The fraction of sp³-hybridized carbons (Fsp3) is 0.360. The van der Waals surface area contributed by atoms with Gasteiger partial charge in [0.1, 0.15) is 5.82 Å². The largest absolute Gasteiger partial charge is 0.465 e. The summed E-state index contributed by atoms with van der Waals surface area (Å²) in [5.41, 5.74) is 2.94. The highest BCUT2D eigenvalue weighted by atomic mass is 79.9. The number of anilines is 3. The van der Waals surface area contributed by atoms with Crippen molar-refractivity contribution in [2.24, 2.45) is 5.92 Å². The number of aromatic nitrogens is 2. The number of piperidine rings is 1. The van der Waals surface area contributed by atoms with Crippen molar-refractivity contribution in [1.29, 1.82) is 0 Å². The molecule has 1 saturated carbocycles. The second kappa shape index (κ2) is 9.21. The van der Waals surface area contributed by atoms with Gasteiger partial charge in [-0.25, -0.2) is 9.78 Å². The molecule has 1 unspecified atom stereocenters. The lowest BCUT2D eigenvalue weighted by Crippen LogP contribution is -2.48. The minimum absolute atomic E-state index is 0.0523. The van der Waals surface area contributed by atoms with E-state index >= 15 is 0 Å². The van der Waals surface area contributed by atoms with Gasteiger partial charge in [-0.3, -0.25) is 9.78 Å². The van der Waals surface area contributed by atoms with Gasteiger partial charge in [-0.2, -0.15) is 0 Å². The van der Waals surface area contributed by atoms with Gasteiger partial charge in [0.25, 0.3) is 0 Å². The molecule has 1 atom stereocenters. The Labute approximate surface area is 206 Å². The maximum absolute atomic E-state index is 13.0. The molecule has 1 aliphatic carbocycles. The van der Waals surface area contributed by atoms with Crippen molar-refractivity contribution < 1.29 is 14.7 Å². The minimum atomic E-state index is -0.910. The molecule has 0 bridgehead atoms. The average molecular weight is 524 g/mol. The molecule has 1 aliphatic heterocycles. The number of hydrogen-bond acceptors (Lipinski definition) is 6. The summed E-state index contributed by atoms with van der Waals surface area (Å²) in [4.78, 5) is 37.0. The highest BCUT2D eigenvalue weighted by Crippen LogP contribution is 2.38. The molecular formula is C25H26BrN5O3. The molecule has 2 aliphatic rings. The topological polar surface area (TPSA) is 98.7 Å². The maximum Gasteiger partial charge on any atom is 0.407 e. The zero-order chi connectivity index (χ0) is 23.8. The summed E-state index contributed by atoms with van der Waals surface area (Å²) in [7, 11) is 1.62. The van der Waals surface area contributed by atoms with E-state index in [0.717, 1.165) is 64.8 Å². The Morgan fingerprint density at radius 3 is 2.68 bits per heavy atom. The number of benzene rings is 1. The molecule has 34 heavy (non-hydrogen) atoms. The molecule has 3 heterocycles. The molecule has 5 rings (SSSR count). The molecule has 3 aromatic rings. The first-order chi connectivity index (χ1) is 16.4. The number of amides is 1. The van der Waals surface area contributed by atoms with Crippen LogP contribution in [0.1, 0.15) is 36.0 Å². The van der Waals surface area contributed by atoms with Crippen molar-refractivity contribution in [3.8, 4) is 0 Å². The van der Waals surface area contributed by atoms with Crippen LogP contribution in [-0.2, 0) is 0 Å². The van der Waals surface area contributed by atoms with Gasteiger partial charge in [0.15, 0.2) is 5.78 Å². The molecule has 1 saturated heterocycles. The van der Waals surface area contributed by atoms with E-state index in [1.54, 1.807) is 19.4 Å². The van der Waals surface area contributed by atoms with E-state index in [9.17, 15) is 14.7 Å². The third kappa shape index (κ3) is 4.57. The number of rotatable bonds is 6. The van der Waals surface area contributed by atoms with Crippen molar-refractivity contribution in [2.45, 2.75) is 31.7 Å². The molecule has 8 nitrogen and oxygen atoms in total. The Balaban J connectivity index is 1.41. The number of hydrogen-bond donors (Lipinski definition) is 2. The first-order valence-electron chi connectivity index (χ1n) is 11.5. The van der Waals surface area contributed by atoms with E-state index in [-0.39, 0.29) is 17.7 Å². The quantitative estimate of drug-likeness (QED) is 0.422. The first kappa shape index (κ1) is 22.6. The highest BCUT2D eigenvalue weighted by molar-refractivity contribution is 9.10. The molecule has 0 spiro atoms. The number of nitrogens with zero attached hydrogens (tertiary/aromatic N) is 4. The smallest absolute Gasteiger partial charge is 0.407 e. The van der Waals surface area contributed by atoms with Crippen LogP contribution in [0.25, 0.3) is 10.9 Å². The Kier molecular flexibility index (Phi) is 6.12. The summed E-state index contributed by atoms with van der Waals surface area (Å²) in [5.74, 6) is 1.03. The number of ketones is 1. The van der Waals surface area contributed by atoms with E-state index in [4.69, 9.17) is 0 Å². The number of fused-ring (bicyclic) bond motifs is 1. The SMILES string of the molecule is CN(C(=O)O)C1CCCN(c2ccc(Nc3c(C(=O)C4CC4)cnc4ccc(Br)cc34)cn2)C1. The molecule has 176 valence electrons. The van der Waals surface area contributed by atoms with Gasteiger partial charge < -0.3 is 20.2 Å². The molecule has 1 aromatic carbocycles. The van der Waals surface area contributed by atoms with Crippen LogP contribution >= 0.6 is 15.9 Å². The molecule has 2 N–H and O–H groups in total. The molecule has 1 amide bonds. The summed E-state index contributed by atoms with van der Waals surface area (Å²) in [6, 6.07) is 9.67. The Morgan fingerprint density at radius 2 is 1.97 bits per heavy atom. The Morgan fingerprint density at radius 1 is 1.15 bits per heavy atom. The van der Waals surface area contributed by atoms with Crippen molar-refractivity contribution in [3.05, 3.63) is 52.8 Å². The van der Waals surface area contributed by atoms with Crippen molar-refractivity contribution >= 4 is 55.9 Å². The van der Waals surface area contributed by atoms with Crippen LogP contribution in [0.5, 0.6) is 0 Å². The van der Waals surface area contributed by atoms with Crippen LogP contribution in [0.2, 0.25) is 0 Å². The number of Topliss-reactive ketones (excluding diaryl/α,β-unsaturated/α-hetero) is 1. The minimum Gasteiger partial charge on any atom is -0.465 e. The molecule has 9 heteroatoms. The van der Waals surface area contributed by atoms with Crippen LogP contribution < -0.4 is 10.2 Å². The Bertz CT molecular complexity index is 1250. The summed E-state index contributed by atoms with van der Waals surface area (Å²) in [5, 5.41) is 13.6. The summed E-state index contributed by atoms with van der Waals surface area (Å²) in [6.45, 7) is 1.46. The Hall–Kier alpha value is -3.20. The van der Waals surface area contributed by atoms with Gasteiger partial charge in [-0.05, 0) is 56.0 Å². The highest BCUT2D eigenvalue weighted by Gasteiger charge is 2.32. The van der Waals surface area contributed by atoms with E-state index in [1.807, 2.05) is 30.3 Å². The maximum atomic E-state index is 13.0. The predicted molar refractivity (Wildman–Crippen MR) is 135 cm³/mol. The van der Waals surface area contributed by atoms with Crippen LogP contribution in [-0.4, -0.2) is 58.0 Å². The lowest BCUT2D eigenvalue weighted by molar-refractivity contribution is 0.0968. The molecule has 2 aromatic heterocycles. The standard InChI is InChI=1S/C25H26BrN5O3/c1-30(25(33)34)18-3-2-10-31(14-18)22-9-7-17(12-28-22)29-23-19-11-16(26)6-8-21(19)27-13-20(23)24(32)15-4-5-15/h6-9,11-13,15,18H,2-5,10,14H2,1H3,(H,27,29)(H,33,34). The van der Waals surface area contributed by atoms with Gasteiger partial charge in [0, 0.05) is 42.1 Å². The molecule has 0 radical (unpaired) electrons. The van der Waals surface area contributed by atoms with Crippen LogP contribution in [0.3, 0.4) is 0 Å². The van der Waals surface area contributed by atoms with Gasteiger partial charge in [-0.15, -0.1) is 0 Å². The first-order valence-corrected chi connectivity index (χ1v) is 12.3. The fourth-order valence-electron chi connectivity index (χ4n) is 4.48.